The second-order valence-electron chi connectivity index (χ2n) is 5.84. The number of aromatic nitrogens is 1. The van der Waals surface area contributed by atoms with Crippen LogP contribution in [-0.4, -0.2) is 4.98 Å². The quantitative estimate of drug-likeness (QED) is 0.707. The van der Waals surface area contributed by atoms with Gasteiger partial charge in [0.15, 0.2) is 0 Å². The van der Waals surface area contributed by atoms with Gasteiger partial charge in [0.05, 0.1) is 5.69 Å². The van der Waals surface area contributed by atoms with Crippen LogP contribution in [0, 0.1) is 6.92 Å². The van der Waals surface area contributed by atoms with Gasteiger partial charge in [-0.05, 0) is 42.3 Å². The van der Waals surface area contributed by atoms with Crippen LogP contribution in [0.4, 0.5) is 0 Å². The normalized spacial score (nSPS) is 10.5. The van der Waals surface area contributed by atoms with Crippen molar-refractivity contribution in [1.82, 2.24) is 10.3 Å². The van der Waals surface area contributed by atoms with Crippen molar-refractivity contribution in [1.29, 1.82) is 0 Å². The second kappa shape index (κ2) is 8.27. The SMILES string of the molecule is Cc1ccc(COc2ccc(CNCc3ccccn3)cc2)cc1. The molecule has 0 atom stereocenters. The standard InChI is InChI=1S/C21H22N2O/c1-17-5-7-19(8-6-17)16-24-21-11-9-18(10-12-21)14-22-15-20-4-2-3-13-23-20/h2-13,22H,14-16H2,1H3. The molecule has 3 nitrogen and oxygen atoms in total. The van der Waals surface area contributed by atoms with Crippen LogP contribution in [0.25, 0.3) is 0 Å². The predicted molar refractivity (Wildman–Crippen MR) is 96.7 cm³/mol. The zero-order valence-corrected chi connectivity index (χ0v) is 13.9. The Morgan fingerprint density at radius 2 is 1.58 bits per heavy atom. The zero-order chi connectivity index (χ0) is 16.6. The topological polar surface area (TPSA) is 34.1 Å². The Kier molecular flexibility index (Phi) is 5.59. The molecule has 1 heterocycles. The van der Waals surface area contributed by atoms with Crippen molar-refractivity contribution in [3.63, 3.8) is 0 Å². The summed E-state index contributed by atoms with van der Waals surface area (Å²) in [5.41, 5.74) is 4.73. The Morgan fingerprint density at radius 1 is 0.833 bits per heavy atom. The van der Waals surface area contributed by atoms with Crippen molar-refractivity contribution in [2.24, 2.45) is 0 Å². The number of nitrogens with zero attached hydrogens (tertiary/aromatic N) is 1. The minimum Gasteiger partial charge on any atom is -0.489 e. The zero-order valence-electron chi connectivity index (χ0n) is 13.9. The minimum atomic E-state index is 0.595. The van der Waals surface area contributed by atoms with E-state index in [1.54, 1.807) is 0 Å². The van der Waals surface area contributed by atoms with Gasteiger partial charge in [0.2, 0.25) is 0 Å². The summed E-state index contributed by atoms with van der Waals surface area (Å²) in [4.78, 5) is 4.30. The fourth-order valence-electron chi connectivity index (χ4n) is 2.39. The van der Waals surface area contributed by atoms with E-state index < -0.39 is 0 Å². The summed E-state index contributed by atoms with van der Waals surface area (Å²) in [5.74, 6) is 0.893. The number of benzene rings is 2. The van der Waals surface area contributed by atoms with E-state index in [4.69, 9.17) is 4.74 Å². The van der Waals surface area contributed by atoms with Crippen molar-refractivity contribution < 1.29 is 4.74 Å². The molecule has 0 radical (unpaired) electrons. The van der Waals surface area contributed by atoms with E-state index in [0.29, 0.717) is 6.61 Å². The molecule has 0 unspecified atom stereocenters. The van der Waals surface area contributed by atoms with E-state index in [9.17, 15) is 0 Å². The van der Waals surface area contributed by atoms with Gasteiger partial charge in [-0.2, -0.15) is 0 Å². The van der Waals surface area contributed by atoms with Gasteiger partial charge < -0.3 is 10.1 Å². The van der Waals surface area contributed by atoms with Crippen LogP contribution in [0.1, 0.15) is 22.4 Å². The van der Waals surface area contributed by atoms with E-state index in [1.165, 1.54) is 16.7 Å². The van der Waals surface area contributed by atoms with Crippen molar-refractivity contribution in [2.75, 3.05) is 0 Å². The third-order valence-corrected chi connectivity index (χ3v) is 3.81. The molecule has 1 aromatic heterocycles. The molecule has 1 N–H and O–H groups in total. The molecule has 122 valence electrons. The number of nitrogens with one attached hydrogen (secondary N) is 1. The first-order valence-corrected chi connectivity index (χ1v) is 8.17. The lowest BCUT2D eigenvalue weighted by Crippen LogP contribution is -2.13. The highest BCUT2D eigenvalue weighted by molar-refractivity contribution is 5.28. The number of pyridine rings is 1. The van der Waals surface area contributed by atoms with E-state index in [0.717, 1.165) is 24.5 Å². The summed E-state index contributed by atoms with van der Waals surface area (Å²) < 4.78 is 5.83. The van der Waals surface area contributed by atoms with E-state index in [-0.39, 0.29) is 0 Å². The van der Waals surface area contributed by atoms with Gasteiger partial charge in [0.25, 0.3) is 0 Å². The molecule has 0 bridgehead atoms. The summed E-state index contributed by atoms with van der Waals surface area (Å²) in [5, 5.41) is 3.40. The largest absolute Gasteiger partial charge is 0.489 e. The Morgan fingerprint density at radius 3 is 2.29 bits per heavy atom. The van der Waals surface area contributed by atoms with Gasteiger partial charge in [-0.25, -0.2) is 0 Å². The lowest BCUT2D eigenvalue weighted by molar-refractivity contribution is 0.306. The number of aryl methyl sites for hydroxylation is 1. The van der Waals surface area contributed by atoms with Crippen molar-refractivity contribution in [3.8, 4) is 5.75 Å². The molecule has 3 rings (SSSR count). The molecule has 0 aliphatic carbocycles. The summed E-state index contributed by atoms with van der Waals surface area (Å²) in [6.45, 7) is 4.27. The Hall–Kier alpha value is -2.65. The van der Waals surface area contributed by atoms with Gasteiger partial charge in [-0.15, -0.1) is 0 Å². The van der Waals surface area contributed by atoms with Gasteiger partial charge in [0, 0.05) is 19.3 Å². The van der Waals surface area contributed by atoms with Gasteiger partial charge in [-0.3, -0.25) is 4.98 Å². The molecule has 3 aromatic rings. The maximum absolute atomic E-state index is 5.83. The number of hydrogen-bond acceptors (Lipinski definition) is 3. The molecular weight excluding hydrogens is 296 g/mol. The van der Waals surface area contributed by atoms with Gasteiger partial charge >= 0.3 is 0 Å². The van der Waals surface area contributed by atoms with Crippen LogP contribution in [-0.2, 0) is 19.7 Å². The highest BCUT2D eigenvalue weighted by Crippen LogP contribution is 2.14. The third kappa shape index (κ3) is 4.93. The van der Waals surface area contributed by atoms with Crippen LogP contribution in [0.2, 0.25) is 0 Å². The highest BCUT2D eigenvalue weighted by Gasteiger charge is 1.98. The molecule has 0 saturated carbocycles. The summed E-state index contributed by atoms with van der Waals surface area (Å²) in [6, 6.07) is 22.6. The fourth-order valence-corrected chi connectivity index (χ4v) is 2.39. The Bertz CT molecular complexity index is 737. The molecule has 0 saturated heterocycles. The first-order valence-electron chi connectivity index (χ1n) is 8.17. The first-order chi connectivity index (χ1) is 11.8. The van der Waals surface area contributed by atoms with Gasteiger partial charge in [0.1, 0.15) is 12.4 Å². The molecule has 24 heavy (non-hydrogen) atoms. The molecule has 0 amide bonds. The molecule has 3 heteroatoms. The molecule has 0 spiro atoms. The van der Waals surface area contributed by atoms with Crippen molar-refractivity contribution >= 4 is 0 Å². The van der Waals surface area contributed by atoms with E-state index >= 15 is 0 Å². The molecule has 0 aliphatic heterocycles. The number of hydrogen-bond donors (Lipinski definition) is 1. The van der Waals surface area contributed by atoms with Crippen LogP contribution in [0.3, 0.4) is 0 Å². The molecule has 0 aliphatic rings. The van der Waals surface area contributed by atoms with Crippen molar-refractivity contribution in [2.45, 2.75) is 26.6 Å². The van der Waals surface area contributed by atoms with Crippen LogP contribution < -0.4 is 10.1 Å². The summed E-state index contributed by atoms with van der Waals surface area (Å²) >= 11 is 0. The molecule has 2 aromatic carbocycles. The monoisotopic (exact) mass is 318 g/mol. The maximum atomic E-state index is 5.83. The third-order valence-electron chi connectivity index (χ3n) is 3.81. The summed E-state index contributed by atoms with van der Waals surface area (Å²) in [6.07, 6.45) is 1.82. The maximum Gasteiger partial charge on any atom is 0.119 e. The molecule has 0 fully saturated rings. The average Bonchev–Trinajstić information content (AvgIpc) is 2.63. The first kappa shape index (κ1) is 16.2. The van der Waals surface area contributed by atoms with E-state index in [1.807, 2.05) is 36.5 Å². The molecular formula is C21H22N2O. The smallest absolute Gasteiger partial charge is 0.119 e. The van der Waals surface area contributed by atoms with Crippen molar-refractivity contribution in [3.05, 3.63) is 95.3 Å². The number of rotatable bonds is 7. The van der Waals surface area contributed by atoms with E-state index in [2.05, 4.69) is 53.6 Å². The predicted octanol–water partition coefficient (Wildman–Crippen LogP) is 4.26. The minimum absolute atomic E-state index is 0.595. The van der Waals surface area contributed by atoms with Crippen LogP contribution >= 0.6 is 0 Å². The lowest BCUT2D eigenvalue weighted by Gasteiger charge is -2.08. The lowest BCUT2D eigenvalue weighted by atomic mass is 10.2. The average molecular weight is 318 g/mol. The fraction of sp³-hybridized carbons (Fsp3) is 0.190. The highest BCUT2D eigenvalue weighted by atomic mass is 16.5. The Balaban J connectivity index is 1.45. The van der Waals surface area contributed by atoms with Crippen LogP contribution in [0.15, 0.2) is 72.9 Å². The number of ether oxygens (including phenoxy) is 1. The second-order valence-corrected chi connectivity index (χ2v) is 5.84. The van der Waals surface area contributed by atoms with Crippen LogP contribution in [0.5, 0.6) is 5.75 Å². The van der Waals surface area contributed by atoms with Gasteiger partial charge in [-0.1, -0.05) is 48.0 Å². The Labute approximate surface area is 143 Å². The summed E-state index contributed by atoms with van der Waals surface area (Å²) in [7, 11) is 0.